The molecule has 1 aliphatic heterocycles. The van der Waals surface area contributed by atoms with Crippen LogP contribution >= 0.6 is 0 Å². The van der Waals surface area contributed by atoms with Crippen LogP contribution in [0, 0.1) is 13.8 Å². The smallest absolute Gasteiger partial charge is 0.253 e. The first-order valence-electron chi connectivity index (χ1n) is 10.8. The maximum absolute atomic E-state index is 12.9. The standard InChI is InChI=1S/C25H31N3O3/c1-17-7-9-20(10-8-17)16-23(26-19(3)29)24(30)27-22-11-13-28(14-12-22)25(31)21-6-4-5-18(2)15-21/h4-10,15,22-23H,11-14,16H2,1-3H3,(H,26,29)(H,27,30). The summed E-state index contributed by atoms with van der Waals surface area (Å²) in [4.78, 5) is 39.1. The van der Waals surface area contributed by atoms with Gasteiger partial charge in [-0.3, -0.25) is 14.4 Å². The minimum absolute atomic E-state index is 0.0108. The lowest BCUT2D eigenvalue weighted by atomic mass is 10.0. The van der Waals surface area contributed by atoms with Crippen LogP contribution in [0.1, 0.15) is 46.8 Å². The average molecular weight is 422 g/mol. The molecule has 1 aliphatic rings. The van der Waals surface area contributed by atoms with Gasteiger partial charge in [-0.05, 0) is 44.4 Å². The minimum Gasteiger partial charge on any atom is -0.351 e. The Labute approximate surface area is 184 Å². The van der Waals surface area contributed by atoms with Crippen molar-refractivity contribution in [3.05, 3.63) is 70.8 Å². The summed E-state index contributed by atoms with van der Waals surface area (Å²) < 4.78 is 0. The van der Waals surface area contributed by atoms with Crippen molar-refractivity contribution in [2.24, 2.45) is 0 Å². The zero-order valence-electron chi connectivity index (χ0n) is 18.5. The summed E-state index contributed by atoms with van der Waals surface area (Å²) in [5.74, 6) is -0.381. The summed E-state index contributed by atoms with van der Waals surface area (Å²) in [5, 5.41) is 5.84. The van der Waals surface area contributed by atoms with Crippen LogP contribution in [-0.2, 0) is 16.0 Å². The van der Waals surface area contributed by atoms with E-state index in [1.54, 1.807) is 0 Å². The quantitative estimate of drug-likeness (QED) is 0.753. The van der Waals surface area contributed by atoms with Gasteiger partial charge in [0.25, 0.3) is 5.91 Å². The largest absolute Gasteiger partial charge is 0.351 e. The van der Waals surface area contributed by atoms with E-state index >= 15 is 0 Å². The molecule has 0 saturated carbocycles. The number of nitrogens with one attached hydrogen (secondary N) is 2. The van der Waals surface area contributed by atoms with Crippen molar-refractivity contribution < 1.29 is 14.4 Å². The lowest BCUT2D eigenvalue weighted by molar-refractivity contribution is -0.128. The lowest BCUT2D eigenvalue weighted by Gasteiger charge is -2.33. The van der Waals surface area contributed by atoms with Crippen molar-refractivity contribution in [2.45, 2.75) is 52.1 Å². The number of likely N-dealkylation sites (tertiary alicyclic amines) is 1. The molecule has 31 heavy (non-hydrogen) atoms. The molecule has 0 spiro atoms. The van der Waals surface area contributed by atoms with Gasteiger partial charge >= 0.3 is 0 Å². The SMILES string of the molecule is CC(=O)NC(Cc1ccc(C)cc1)C(=O)NC1CCN(C(=O)c2cccc(C)c2)CC1. The maximum Gasteiger partial charge on any atom is 0.253 e. The van der Waals surface area contributed by atoms with Crippen LogP contribution in [0.4, 0.5) is 0 Å². The van der Waals surface area contributed by atoms with Gasteiger partial charge in [0.1, 0.15) is 6.04 Å². The van der Waals surface area contributed by atoms with Gasteiger partial charge in [-0.15, -0.1) is 0 Å². The van der Waals surface area contributed by atoms with E-state index in [1.807, 2.05) is 67.3 Å². The molecule has 6 nitrogen and oxygen atoms in total. The highest BCUT2D eigenvalue weighted by molar-refractivity contribution is 5.94. The van der Waals surface area contributed by atoms with Gasteiger partial charge in [0.05, 0.1) is 0 Å². The van der Waals surface area contributed by atoms with Crippen molar-refractivity contribution in [1.82, 2.24) is 15.5 Å². The molecule has 1 fully saturated rings. The summed E-state index contributed by atoms with van der Waals surface area (Å²) in [6.07, 6.45) is 1.83. The second-order valence-electron chi connectivity index (χ2n) is 8.39. The van der Waals surface area contributed by atoms with Gasteiger partial charge in [0.15, 0.2) is 0 Å². The van der Waals surface area contributed by atoms with Crippen LogP contribution in [0.25, 0.3) is 0 Å². The molecule has 2 aromatic carbocycles. The molecule has 3 rings (SSSR count). The van der Waals surface area contributed by atoms with Gasteiger partial charge in [-0.1, -0.05) is 47.5 Å². The molecule has 164 valence electrons. The van der Waals surface area contributed by atoms with Gasteiger partial charge in [-0.25, -0.2) is 0 Å². The second-order valence-corrected chi connectivity index (χ2v) is 8.39. The Hall–Kier alpha value is -3.15. The van der Waals surface area contributed by atoms with Crippen molar-refractivity contribution in [3.8, 4) is 0 Å². The van der Waals surface area contributed by atoms with Gasteiger partial charge in [-0.2, -0.15) is 0 Å². The third-order valence-corrected chi connectivity index (χ3v) is 5.65. The lowest BCUT2D eigenvalue weighted by Crippen LogP contribution is -2.53. The molecular weight excluding hydrogens is 390 g/mol. The van der Waals surface area contributed by atoms with Gasteiger partial charge < -0.3 is 15.5 Å². The van der Waals surface area contributed by atoms with Crippen LogP contribution in [-0.4, -0.2) is 47.8 Å². The Balaban J connectivity index is 1.55. The number of aryl methyl sites for hydroxylation is 2. The number of amides is 3. The topological polar surface area (TPSA) is 78.5 Å². The van der Waals surface area contributed by atoms with Crippen molar-refractivity contribution in [1.29, 1.82) is 0 Å². The molecule has 3 amide bonds. The van der Waals surface area contributed by atoms with Crippen LogP contribution in [0.2, 0.25) is 0 Å². The zero-order chi connectivity index (χ0) is 22.4. The second kappa shape index (κ2) is 10.2. The van der Waals surface area contributed by atoms with E-state index in [4.69, 9.17) is 0 Å². The van der Waals surface area contributed by atoms with Crippen molar-refractivity contribution in [3.63, 3.8) is 0 Å². The fraction of sp³-hybridized carbons (Fsp3) is 0.400. The molecule has 1 unspecified atom stereocenters. The third-order valence-electron chi connectivity index (χ3n) is 5.65. The van der Waals surface area contributed by atoms with E-state index in [2.05, 4.69) is 10.6 Å². The number of benzene rings is 2. The summed E-state index contributed by atoms with van der Waals surface area (Å²) >= 11 is 0. The van der Waals surface area contributed by atoms with Crippen LogP contribution in [0.5, 0.6) is 0 Å². The van der Waals surface area contributed by atoms with E-state index < -0.39 is 6.04 Å². The Morgan fingerprint density at radius 3 is 2.29 bits per heavy atom. The highest BCUT2D eigenvalue weighted by Crippen LogP contribution is 2.15. The number of hydrogen-bond donors (Lipinski definition) is 2. The number of carbonyl (C=O) groups excluding carboxylic acids is 3. The molecule has 0 radical (unpaired) electrons. The first-order chi connectivity index (χ1) is 14.8. The Bertz CT molecular complexity index is 931. The molecule has 1 heterocycles. The average Bonchev–Trinajstić information content (AvgIpc) is 2.74. The molecule has 2 aromatic rings. The normalized spacial score (nSPS) is 15.3. The predicted octanol–water partition coefficient (Wildman–Crippen LogP) is 2.77. The van der Waals surface area contributed by atoms with Crippen molar-refractivity contribution >= 4 is 17.7 Å². The molecule has 1 saturated heterocycles. The highest BCUT2D eigenvalue weighted by Gasteiger charge is 2.27. The van der Waals surface area contributed by atoms with E-state index in [0.717, 1.165) is 16.7 Å². The zero-order valence-corrected chi connectivity index (χ0v) is 18.5. The minimum atomic E-state index is -0.618. The molecule has 0 bridgehead atoms. The Kier molecular flexibility index (Phi) is 7.45. The van der Waals surface area contributed by atoms with E-state index in [0.29, 0.717) is 37.9 Å². The summed E-state index contributed by atoms with van der Waals surface area (Å²) in [5.41, 5.74) is 3.91. The fourth-order valence-corrected chi connectivity index (χ4v) is 3.90. The van der Waals surface area contributed by atoms with Crippen LogP contribution < -0.4 is 10.6 Å². The maximum atomic E-state index is 12.9. The Morgan fingerprint density at radius 2 is 1.68 bits per heavy atom. The monoisotopic (exact) mass is 421 g/mol. The molecular formula is C25H31N3O3. The van der Waals surface area contributed by atoms with E-state index in [9.17, 15) is 14.4 Å². The summed E-state index contributed by atoms with van der Waals surface area (Å²) in [6, 6.07) is 14.9. The first-order valence-corrected chi connectivity index (χ1v) is 10.8. The number of nitrogens with zero attached hydrogens (tertiary/aromatic N) is 1. The van der Waals surface area contributed by atoms with Crippen molar-refractivity contribution in [2.75, 3.05) is 13.1 Å². The van der Waals surface area contributed by atoms with Gasteiger partial charge in [0.2, 0.25) is 11.8 Å². The highest BCUT2D eigenvalue weighted by atomic mass is 16.2. The predicted molar refractivity (Wildman–Crippen MR) is 121 cm³/mol. The fourth-order valence-electron chi connectivity index (χ4n) is 3.90. The molecule has 2 N–H and O–H groups in total. The van der Waals surface area contributed by atoms with Crippen LogP contribution in [0.3, 0.4) is 0 Å². The molecule has 1 atom stereocenters. The van der Waals surface area contributed by atoms with Gasteiger partial charge in [0, 0.05) is 38.0 Å². The summed E-state index contributed by atoms with van der Waals surface area (Å²) in [6.45, 7) is 6.60. The number of piperidine rings is 1. The van der Waals surface area contributed by atoms with E-state index in [1.165, 1.54) is 6.92 Å². The molecule has 0 aromatic heterocycles. The summed E-state index contributed by atoms with van der Waals surface area (Å²) in [7, 11) is 0. The first kappa shape index (κ1) is 22.5. The third kappa shape index (κ3) is 6.41. The number of carbonyl (C=O) groups is 3. The number of rotatable bonds is 6. The van der Waals surface area contributed by atoms with E-state index in [-0.39, 0.29) is 23.8 Å². The Morgan fingerprint density at radius 1 is 1.00 bits per heavy atom. The molecule has 6 heteroatoms. The number of hydrogen-bond acceptors (Lipinski definition) is 3. The molecule has 0 aliphatic carbocycles. The van der Waals surface area contributed by atoms with Crippen LogP contribution in [0.15, 0.2) is 48.5 Å².